The van der Waals surface area contributed by atoms with Crippen molar-refractivity contribution in [1.82, 2.24) is 0 Å². The van der Waals surface area contributed by atoms with Crippen molar-refractivity contribution in [2.45, 2.75) is 6.92 Å². The van der Waals surface area contributed by atoms with Gasteiger partial charge in [-0.2, -0.15) is 0 Å². The molecule has 0 saturated heterocycles. The highest BCUT2D eigenvalue weighted by Gasteiger charge is 2.29. The van der Waals surface area contributed by atoms with E-state index in [4.69, 9.17) is 5.41 Å². The first-order valence-electron chi connectivity index (χ1n) is 8.92. The molecule has 0 heterocycles. The number of hydrogen-bond acceptors (Lipinski definition) is 3. The van der Waals surface area contributed by atoms with Crippen LogP contribution < -0.4 is 10.6 Å². The third-order valence-electron chi connectivity index (χ3n) is 4.24. The van der Waals surface area contributed by atoms with Crippen molar-refractivity contribution < 1.29 is 9.59 Å². The quantitative estimate of drug-likeness (QED) is 0.438. The Labute approximate surface area is 163 Å². The SMILES string of the molecule is CC(=N)C(C(=O)Nc1ccccc1)C(=O)Nc1cccc(-c2ccccc2)c1. The van der Waals surface area contributed by atoms with E-state index in [1.54, 1.807) is 30.3 Å². The van der Waals surface area contributed by atoms with Crippen LogP contribution in [-0.2, 0) is 9.59 Å². The van der Waals surface area contributed by atoms with Crippen molar-refractivity contribution in [1.29, 1.82) is 5.41 Å². The lowest BCUT2D eigenvalue weighted by Gasteiger charge is -2.16. The maximum atomic E-state index is 12.7. The summed E-state index contributed by atoms with van der Waals surface area (Å²) in [6.45, 7) is 1.45. The van der Waals surface area contributed by atoms with Crippen LogP contribution in [0.2, 0.25) is 0 Å². The average molecular weight is 371 g/mol. The summed E-state index contributed by atoms with van der Waals surface area (Å²) < 4.78 is 0. The molecule has 5 nitrogen and oxygen atoms in total. The second-order valence-corrected chi connectivity index (χ2v) is 6.41. The molecule has 1 unspecified atom stereocenters. The van der Waals surface area contributed by atoms with Crippen LogP contribution in [-0.4, -0.2) is 17.5 Å². The highest BCUT2D eigenvalue weighted by Crippen LogP contribution is 2.23. The number of nitrogens with one attached hydrogen (secondary N) is 3. The van der Waals surface area contributed by atoms with Gasteiger partial charge in [-0.05, 0) is 42.3 Å². The van der Waals surface area contributed by atoms with Gasteiger partial charge in [0.1, 0.15) is 0 Å². The first-order valence-corrected chi connectivity index (χ1v) is 8.92. The van der Waals surface area contributed by atoms with Gasteiger partial charge in [0, 0.05) is 17.1 Å². The molecule has 5 heteroatoms. The van der Waals surface area contributed by atoms with Crippen molar-refractivity contribution in [3.05, 3.63) is 84.9 Å². The Kier molecular flexibility index (Phi) is 5.97. The van der Waals surface area contributed by atoms with Crippen LogP contribution in [0.1, 0.15) is 6.92 Å². The molecule has 0 saturated carbocycles. The third-order valence-corrected chi connectivity index (χ3v) is 4.24. The molecule has 0 bridgehead atoms. The molecule has 0 fully saturated rings. The Morgan fingerprint density at radius 1 is 0.714 bits per heavy atom. The van der Waals surface area contributed by atoms with Gasteiger partial charge >= 0.3 is 0 Å². The van der Waals surface area contributed by atoms with Gasteiger partial charge < -0.3 is 16.0 Å². The summed E-state index contributed by atoms with van der Waals surface area (Å²) in [6, 6.07) is 26.1. The lowest BCUT2D eigenvalue weighted by Crippen LogP contribution is -2.38. The molecule has 0 aliphatic rings. The van der Waals surface area contributed by atoms with Crippen molar-refractivity contribution in [3.8, 4) is 11.1 Å². The maximum absolute atomic E-state index is 12.7. The Balaban J connectivity index is 1.76. The number of benzene rings is 3. The molecule has 0 spiro atoms. The van der Waals surface area contributed by atoms with Gasteiger partial charge in [-0.3, -0.25) is 9.59 Å². The van der Waals surface area contributed by atoms with E-state index in [0.29, 0.717) is 11.4 Å². The zero-order valence-corrected chi connectivity index (χ0v) is 15.5. The van der Waals surface area contributed by atoms with Crippen LogP contribution >= 0.6 is 0 Å². The zero-order valence-electron chi connectivity index (χ0n) is 15.5. The predicted octanol–water partition coefficient (Wildman–Crippen LogP) is 4.59. The van der Waals surface area contributed by atoms with E-state index in [-0.39, 0.29) is 5.71 Å². The Bertz CT molecular complexity index is 985. The molecule has 0 aliphatic heterocycles. The fourth-order valence-electron chi connectivity index (χ4n) is 2.87. The number of carbonyl (C=O) groups excluding carboxylic acids is 2. The molecule has 3 rings (SSSR count). The Morgan fingerprint density at radius 3 is 1.82 bits per heavy atom. The standard InChI is InChI=1S/C23H21N3O2/c1-16(24)21(22(27)25-19-12-6-3-7-13-19)23(28)26-20-14-8-11-18(15-20)17-9-4-2-5-10-17/h2-15,21,24H,1H3,(H,25,27)(H,26,28). The van der Waals surface area contributed by atoms with Gasteiger partial charge in [-0.25, -0.2) is 0 Å². The summed E-state index contributed by atoms with van der Waals surface area (Å²) >= 11 is 0. The molecule has 1 atom stereocenters. The summed E-state index contributed by atoms with van der Waals surface area (Å²) in [4.78, 5) is 25.3. The van der Waals surface area contributed by atoms with Crippen LogP contribution in [0.5, 0.6) is 0 Å². The van der Waals surface area contributed by atoms with Crippen molar-refractivity contribution in [2.24, 2.45) is 5.92 Å². The van der Waals surface area contributed by atoms with E-state index in [1.165, 1.54) is 6.92 Å². The summed E-state index contributed by atoms with van der Waals surface area (Å²) in [5.41, 5.74) is 3.11. The lowest BCUT2D eigenvalue weighted by atomic mass is 10.0. The van der Waals surface area contributed by atoms with Crippen LogP contribution in [0.3, 0.4) is 0 Å². The van der Waals surface area contributed by atoms with Crippen molar-refractivity contribution in [3.63, 3.8) is 0 Å². The van der Waals surface area contributed by atoms with E-state index >= 15 is 0 Å². The molecule has 3 aromatic carbocycles. The second-order valence-electron chi connectivity index (χ2n) is 6.41. The van der Waals surface area contributed by atoms with Gasteiger partial charge in [0.2, 0.25) is 11.8 Å². The highest BCUT2D eigenvalue weighted by molar-refractivity contribution is 6.24. The Hall–Kier alpha value is -3.73. The topological polar surface area (TPSA) is 82.1 Å². The summed E-state index contributed by atoms with van der Waals surface area (Å²) in [6.07, 6.45) is 0. The summed E-state index contributed by atoms with van der Waals surface area (Å²) in [5.74, 6) is -2.28. The van der Waals surface area contributed by atoms with E-state index in [2.05, 4.69) is 10.6 Å². The van der Waals surface area contributed by atoms with E-state index < -0.39 is 17.7 Å². The maximum Gasteiger partial charge on any atom is 0.242 e. The number of anilines is 2. The van der Waals surface area contributed by atoms with E-state index in [9.17, 15) is 9.59 Å². The van der Waals surface area contributed by atoms with E-state index in [0.717, 1.165) is 11.1 Å². The van der Waals surface area contributed by atoms with Crippen molar-refractivity contribution >= 4 is 28.9 Å². The number of hydrogen-bond donors (Lipinski definition) is 3. The molecule has 0 aromatic heterocycles. The average Bonchev–Trinajstić information content (AvgIpc) is 2.69. The highest BCUT2D eigenvalue weighted by atomic mass is 16.2. The molecular formula is C23H21N3O2. The van der Waals surface area contributed by atoms with Crippen molar-refractivity contribution in [2.75, 3.05) is 10.6 Å². The first kappa shape index (κ1) is 19.0. The molecule has 140 valence electrons. The minimum atomic E-state index is -1.21. The molecule has 2 amide bonds. The monoisotopic (exact) mass is 371 g/mol. The normalized spacial score (nSPS) is 11.3. The number of para-hydroxylation sites is 1. The van der Waals surface area contributed by atoms with Gasteiger partial charge in [-0.1, -0.05) is 60.7 Å². The largest absolute Gasteiger partial charge is 0.325 e. The summed E-state index contributed by atoms with van der Waals surface area (Å²) in [5, 5.41) is 13.3. The van der Waals surface area contributed by atoms with Gasteiger partial charge in [0.05, 0.1) is 0 Å². The fraction of sp³-hybridized carbons (Fsp3) is 0.0870. The van der Waals surface area contributed by atoms with Crippen LogP contribution in [0.25, 0.3) is 11.1 Å². The minimum Gasteiger partial charge on any atom is -0.325 e. The molecule has 3 aromatic rings. The number of carbonyl (C=O) groups is 2. The second kappa shape index (κ2) is 8.77. The van der Waals surface area contributed by atoms with Gasteiger partial charge in [0.15, 0.2) is 5.92 Å². The van der Waals surface area contributed by atoms with Crippen LogP contribution in [0.15, 0.2) is 84.9 Å². The molecule has 3 N–H and O–H groups in total. The molecule has 0 aliphatic carbocycles. The minimum absolute atomic E-state index is 0.0230. The molecule has 28 heavy (non-hydrogen) atoms. The summed E-state index contributed by atoms with van der Waals surface area (Å²) in [7, 11) is 0. The third kappa shape index (κ3) is 4.71. The smallest absolute Gasteiger partial charge is 0.242 e. The van der Waals surface area contributed by atoms with Gasteiger partial charge in [0.25, 0.3) is 0 Å². The molecule has 0 radical (unpaired) electrons. The lowest BCUT2D eigenvalue weighted by molar-refractivity contribution is -0.126. The predicted molar refractivity (Wildman–Crippen MR) is 112 cm³/mol. The fourth-order valence-corrected chi connectivity index (χ4v) is 2.87. The molecular weight excluding hydrogens is 350 g/mol. The first-order chi connectivity index (χ1) is 13.5. The Morgan fingerprint density at radius 2 is 1.21 bits per heavy atom. The number of amides is 2. The zero-order chi connectivity index (χ0) is 19.9. The van der Waals surface area contributed by atoms with Gasteiger partial charge in [-0.15, -0.1) is 0 Å². The van der Waals surface area contributed by atoms with Crippen LogP contribution in [0, 0.1) is 11.3 Å². The van der Waals surface area contributed by atoms with Crippen LogP contribution in [0.4, 0.5) is 11.4 Å². The van der Waals surface area contributed by atoms with E-state index in [1.807, 2.05) is 54.6 Å². The number of rotatable bonds is 6.